The van der Waals surface area contributed by atoms with Gasteiger partial charge in [-0.15, -0.1) is 0 Å². The van der Waals surface area contributed by atoms with Gasteiger partial charge in [0.05, 0.1) is 5.92 Å². The van der Waals surface area contributed by atoms with E-state index in [0.717, 1.165) is 51.4 Å². The summed E-state index contributed by atoms with van der Waals surface area (Å²) in [7, 11) is 0. The average molecular weight is 355 g/mol. The van der Waals surface area contributed by atoms with Crippen molar-refractivity contribution in [3.05, 3.63) is 0 Å². The van der Waals surface area contributed by atoms with E-state index in [-0.39, 0.29) is 31.7 Å². The topological polar surface area (TPSA) is 63.6 Å². The van der Waals surface area contributed by atoms with Crippen molar-refractivity contribution in [2.75, 3.05) is 0 Å². The molecular formula is C16H29GaO4. The standard InChI is InChI=1S/C16H26O4.Ga.3H/c17-14(13-9-5-1-2-6-10-13)20-16(15(18)19)11-7-3-4-8-12-16;;;;/h13H,1-12H2,(H,18,19);;;;. The number of carbonyl (C=O) groups excluding carboxylic acids is 1. The quantitative estimate of drug-likeness (QED) is 0.480. The molecule has 0 heterocycles. The van der Waals surface area contributed by atoms with E-state index >= 15 is 0 Å². The van der Waals surface area contributed by atoms with Crippen LogP contribution in [0.25, 0.3) is 0 Å². The van der Waals surface area contributed by atoms with Crippen molar-refractivity contribution >= 4 is 31.7 Å². The van der Waals surface area contributed by atoms with Gasteiger partial charge >= 0.3 is 31.7 Å². The van der Waals surface area contributed by atoms with Gasteiger partial charge in [-0.3, -0.25) is 4.79 Å². The summed E-state index contributed by atoms with van der Waals surface area (Å²) >= 11 is 0. The van der Waals surface area contributed by atoms with Gasteiger partial charge in [0, 0.05) is 0 Å². The Balaban J connectivity index is 0.00000220. The van der Waals surface area contributed by atoms with Gasteiger partial charge in [0.1, 0.15) is 0 Å². The maximum atomic E-state index is 12.4. The molecule has 2 rings (SSSR count). The second kappa shape index (κ2) is 8.88. The first-order chi connectivity index (χ1) is 9.64. The first-order valence-electron chi connectivity index (χ1n) is 8.10. The van der Waals surface area contributed by atoms with Crippen LogP contribution in [0, 0.1) is 5.92 Å². The summed E-state index contributed by atoms with van der Waals surface area (Å²) < 4.78 is 5.58. The number of hydrogen-bond donors (Lipinski definition) is 1. The molecule has 0 saturated heterocycles. The molecule has 1 N–H and O–H groups in total. The fourth-order valence-electron chi connectivity index (χ4n) is 3.45. The summed E-state index contributed by atoms with van der Waals surface area (Å²) in [5, 5.41) is 9.54. The van der Waals surface area contributed by atoms with Crippen molar-refractivity contribution in [3.8, 4) is 0 Å². The van der Waals surface area contributed by atoms with Crippen LogP contribution in [-0.2, 0) is 14.3 Å². The second-order valence-electron chi connectivity index (χ2n) is 6.32. The molecule has 0 unspecified atom stereocenters. The Morgan fingerprint density at radius 3 is 1.81 bits per heavy atom. The van der Waals surface area contributed by atoms with E-state index in [1.807, 2.05) is 0 Å². The number of esters is 1. The fraction of sp³-hybridized carbons (Fsp3) is 0.875. The molecular weight excluding hydrogens is 326 g/mol. The third-order valence-electron chi connectivity index (χ3n) is 4.79. The SMILES string of the molecule is O=C(OC1(C(=O)O)CCCCCC1)C1CCCCCC1.[GaH3]. The number of carboxylic acids is 1. The summed E-state index contributed by atoms with van der Waals surface area (Å²) in [5.41, 5.74) is -1.25. The molecule has 2 aliphatic carbocycles. The second-order valence-corrected chi connectivity index (χ2v) is 6.32. The van der Waals surface area contributed by atoms with E-state index in [9.17, 15) is 14.7 Å². The van der Waals surface area contributed by atoms with Crippen molar-refractivity contribution in [2.45, 2.75) is 82.7 Å². The van der Waals surface area contributed by atoms with Crippen molar-refractivity contribution in [1.82, 2.24) is 0 Å². The van der Waals surface area contributed by atoms with Gasteiger partial charge in [0.25, 0.3) is 0 Å². The zero-order chi connectivity index (χ0) is 14.4. The molecule has 0 radical (unpaired) electrons. The summed E-state index contributed by atoms with van der Waals surface area (Å²) in [6.07, 6.45) is 10.9. The summed E-state index contributed by atoms with van der Waals surface area (Å²) in [5.74, 6) is -1.31. The van der Waals surface area contributed by atoms with Crippen molar-refractivity contribution in [1.29, 1.82) is 0 Å². The van der Waals surface area contributed by atoms with Crippen LogP contribution in [0.2, 0.25) is 0 Å². The Kier molecular flexibility index (Phi) is 7.88. The van der Waals surface area contributed by atoms with Crippen molar-refractivity contribution < 1.29 is 19.4 Å². The number of aliphatic carboxylic acids is 1. The van der Waals surface area contributed by atoms with Gasteiger partial charge in [0.15, 0.2) is 0 Å². The Morgan fingerprint density at radius 2 is 1.33 bits per heavy atom. The Morgan fingerprint density at radius 1 is 0.857 bits per heavy atom. The van der Waals surface area contributed by atoms with Crippen LogP contribution in [0.5, 0.6) is 0 Å². The third kappa shape index (κ3) is 5.06. The normalized spacial score (nSPS) is 23.2. The molecule has 2 aliphatic rings. The van der Waals surface area contributed by atoms with Gasteiger partial charge < -0.3 is 9.84 Å². The number of ether oxygens (including phenoxy) is 1. The minimum atomic E-state index is -1.25. The first-order valence-corrected chi connectivity index (χ1v) is 8.10. The van der Waals surface area contributed by atoms with Gasteiger partial charge in [-0.2, -0.15) is 0 Å². The Bertz CT molecular complexity index is 340. The average Bonchev–Trinajstić information content (AvgIpc) is 2.81. The van der Waals surface area contributed by atoms with Crippen LogP contribution in [0.3, 0.4) is 0 Å². The molecule has 0 atom stereocenters. The van der Waals surface area contributed by atoms with E-state index in [1.165, 1.54) is 12.8 Å². The molecule has 0 aromatic carbocycles. The molecule has 5 heteroatoms. The Labute approximate surface area is 140 Å². The number of rotatable bonds is 3. The molecule has 120 valence electrons. The van der Waals surface area contributed by atoms with Gasteiger partial charge in [-0.25, -0.2) is 4.79 Å². The summed E-state index contributed by atoms with van der Waals surface area (Å²) in [6.45, 7) is 0. The summed E-state index contributed by atoms with van der Waals surface area (Å²) in [6, 6.07) is 0. The third-order valence-corrected chi connectivity index (χ3v) is 4.79. The van der Waals surface area contributed by atoms with Gasteiger partial charge in [0.2, 0.25) is 5.60 Å². The van der Waals surface area contributed by atoms with Crippen molar-refractivity contribution in [3.63, 3.8) is 0 Å². The predicted octanol–water partition coefficient (Wildman–Crippen LogP) is 2.49. The molecule has 4 nitrogen and oxygen atoms in total. The monoisotopic (exact) mass is 354 g/mol. The summed E-state index contributed by atoms with van der Waals surface area (Å²) in [4.78, 5) is 24.0. The van der Waals surface area contributed by atoms with Gasteiger partial charge in [-0.05, 0) is 38.5 Å². The Hall–Kier alpha value is -0.424. The van der Waals surface area contributed by atoms with E-state index in [4.69, 9.17) is 4.74 Å². The van der Waals surface area contributed by atoms with Crippen LogP contribution in [-0.4, -0.2) is 42.4 Å². The molecule has 0 aliphatic heterocycles. The molecule has 0 amide bonds. The zero-order valence-corrected chi connectivity index (χ0v) is 12.2. The van der Waals surface area contributed by atoms with E-state index in [2.05, 4.69) is 0 Å². The van der Waals surface area contributed by atoms with Gasteiger partial charge in [-0.1, -0.05) is 38.5 Å². The van der Waals surface area contributed by atoms with Crippen LogP contribution >= 0.6 is 0 Å². The van der Waals surface area contributed by atoms with E-state index in [1.54, 1.807) is 0 Å². The van der Waals surface area contributed by atoms with E-state index < -0.39 is 11.6 Å². The fourth-order valence-corrected chi connectivity index (χ4v) is 3.45. The molecule has 0 aromatic rings. The van der Waals surface area contributed by atoms with E-state index in [0.29, 0.717) is 12.8 Å². The molecule has 2 saturated carbocycles. The van der Waals surface area contributed by atoms with Crippen LogP contribution < -0.4 is 0 Å². The zero-order valence-electron chi connectivity index (χ0n) is 12.2. The number of hydrogen-bond acceptors (Lipinski definition) is 3. The van der Waals surface area contributed by atoms with Crippen LogP contribution in [0.4, 0.5) is 0 Å². The van der Waals surface area contributed by atoms with Crippen LogP contribution in [0.15, 0.2) is 0 Å². The molecule has 0 aromatic heterocycles. The minimum absolute atomic E-state index is 0. The predicted molar refractivity (Wildman–Crippen MR) is 85.3 cm³/mol. The molecule has 0 spiro atoms. The van der Waals surface area contributed by atoms with Crippen LogP contribution in [0.1, 0.15) is 77.0 Å². The first kappa shape index (κ1) is 18.6. The molecule has 0 bridgehead atoms. The maximum absolute atomic E-state index is 12.4. The molecule has 2 fully saturated rings. The number of carbonyl (C=O) groups is 2. The molecule has 21 heavy (non-hydrogen) atoms. The van der Waals surface area contributed by atoms with Crippen molar-refractivity contribution in [2.24, 2.45) is 5.92 Å². The number of carboxylic acid groups (broad SMARTS) is 1.